The van der Waals surface area contributed by atoms with Gasteiger partial charge in [-0.15, -0.1) is 0 Å². The van der Waals surface area contributed by atoms with Gasteiger partial charge < -0.3 is 33.5 Å². The summed E-state index contributed by atoms with van der Waals surface area (Å²) in [5.41, 5.74) is -3.16. The van der Waals surface area contributed by atoms with E-state index in [9.17, 15) is 33.9 Å². The number of esters is 6. The average molecular weight is 879 g/mol. The second-order valence-electron chi connectivity index (χ2n) is 22.1. The van der Waals surface area contributed by atoms with E-state index < -0.39 is 45.9 Å². The third-order valence-electron chi connectivity index (χ3n) is 14.4. The smallest absolute Gasteiger partial charge is 0.348 e. The molecule has 6 aliphatic rings. The molecule has 1 N–H and O–H groups in total. The van der Waals surface area contributed by atoms with Gasteiger partial charge in [0, 0.05) is 11.8 Å². The van der Waals surface area contributed by atoms with Crippen LogP contribution in [0.2, 0.25) is 0 Å². The highest BCUT2D eigenvalue weighted by Gasteiger charge is 2.59. The van der Waals surface area contributed by atoms with Gasteiger partial charge in [0.15, 0.2) is 0 Å². The highest BCUT2D eigenvalue weighted by atomic mass is 16.6. The summed E-state index contributed by atoms with van der Waals surface area (Å²) in [6, 6.07) is 0. The summed E-state index contributed by atoms with van der Waals surface area (Å²) in [6.45, 7) is 25.0. The van der Waals surface area contributed by atoms with Crippen molar-refractivity contribution in [1.29, 1.82) is 0 Å². The number of ether oxygens (including phenoxy) is 6. The van der Waals surface area contributed by atoms with Gasteiger partial charge in [0.1, 0.15) is 31.0 Å². The van der Waals surface area contributed by atoms with Crippen molar-refractivity contribution in [3.8, 4) is 0 Å². The van der Waals surface area contributed by atoms with E-state index in [1.165, 1.54) is 38.5 Å². The first-order valence-electron chi connectivity index (χ1n) is 23.4. The topological polar surface area (TPSA) is 178 Å². The van der Waals surface area contributed by atoms with Crippen molar-refractivity contribution in [2.24, 2.45) is 39.4 Å². The van der Waals surface area contributed by atoms with Crippen LogP contribution in [-0.4, -0.2) is 83.7 Å². The van der Waals surface area contributed by atoms with Crippen LogP contribution in [0.1, 0.15) is 193 Å². The average Bonchev–Trinajstić information content (AvgIpc) is 3.44. The Morgan fingerprint density at radius 2 is 1.19 bits per heavy atom. The van der Waals surface area contributed by atoms with E-state index >= 15 is 0 Å². The molecule has 0 aromatic heterocycles. The lowest BCUT2D eigenvalue weighted by Crippen LogP contribution is -2.61. The molecule has 0 aromatic rings. The van der Waals surface area contributed by atoms with Crippen molar-refractivity contribution in [2.45, 2.75) is 216 Å². The van der Waals surface area contributed by atoms with E-state index in [1.807, 2.05) is 48.5 Å². The van der Waals surface area contributed by atoms with Gasteiger partial charge >= 0.3 is 35.8 Å². The van der Waals surface area contributed by atoms with E-state index in [-0.39, 0.29) is 67.2 Å². The second kappa shape index (κ2) is 21.2. The Morgan fingerprint density at radius 1 is 0.694 bits per heavy atom. The summed E-state index contributed by atoms with van der Waals surface area (Å²) < 4.78 is 31.7. The zero-order chi connectivity index (χ0) is 47.0. The molecule has 0 spiro atoms. The third-order valence-corrected chi connectivity index (χ3v) is 14.4. The van der Waals surface area contributed by atoms with E-state index in [1.54, 1.807) is 27.7 Å². The van der Waals surface area contributed by atoms with Gasteiger partial charge in [-0.2, -0.15) is 0 Å². The Morgan fingerprint density at radius 3 is 1.69 bits per heavy atom. The number of carbonyl (C=O) groups is 6. The summed E-state index contributed by atoms with van der Waals surface area (Å²) in [5, 5.41) is 10.6. The summed E-state index contributed by atoms with van der Waals surface area (Å²) in [4.78, 5) is 71.2. The van der Waals surface area contributed by atoms with Gasteiger partial charge in [-0.1, -0.05) is 53.9 Å². The van der Waals surface area contributed by atoms with Crippen LogP contribution in [0.5, 0.6) is 0 Å². The third kappa shape index (κ3) is 14.7. The van der Waals surface area contributed by atoms with Crippen molar-refractivity contribution in [3.05, 3.63) is 0 Å². The van der Waals surface area contributed by atoms with Crippen molar-refractivity contribution in [2.75, 3.05) is 19.8 Å². The molecule has 3 atom stereocenters. The van der Waals surface area contributed by atoms with Crippen LogP contribution in [0.4, 0.5) is 0 Å². The SMILES string of the molecule is CCC(C)(C)C(=O)OC(C)(C)C1CCCCC1.CCC(C)(C)C(=O)OC12CC3CC(CC(O)(C3)C1)C2.CCC(C)(C)C(=O)OCCOC(=O)CCC(=O)OC1C(=O)OCC1(C)C. The van der Waals surface area contributed by atoms with Crippen LogP contribution in [0.15, 0.2) is 0 Å². The first-order chi connectivity index (χ1) is 28.5. The van der Waals surface area contributed by atoms with Gasteiger partial charge in [0.2, 0.25) is 6.10 Å². The van der Waals surface area contributed by atoms with Gasteiger partial charge in [-0.3, -0.25) is 24.0 Å². The molecular weight excluding hydrogens is 797 g/mol. The minimum atomic E-state index is -0.965. The summed E-state index contributed by atoms with van der Waals surface area (Å²) in [5.74, 6) is -0.694. The fourth-order valence-electron chi connectivity index (χ4n) is 9.16. The number of rotatable bonds is 16. The molecule has 356 valence electrons. The molecule has 0 amide bonds. The minimum Gasteiger partial charge on any atom is -0.462 e. The highest BCUT2D eigenvalue weighted by Crippen LogP contribution is 2.59. The van der Waals surface area contributed by atoms with E-state index in [0.29, 0.717) is 30.6 Å². The molecule has 1 aliphatic heterocycles. The maximum atomic E-state index is 12.4. The second-order valence-corrected chi connectivity index (χ2v) is 22.1. The molecular formula is C49H82O13. The van der Waals surface area contributed by atoms with Crippen LogP contribution in [0.3, 0.4) is 0 Å². The number of aliphatic hydroxyl groups is 1. The molecule has 1 heterocycles. The molecule has 6 fully saturated rings. The minimum absolute atomic E-state index is 0.0411. The van der Waals surface area contributed by atoms with Crippen molar-refractivity contribution in [1.82, 2.24) is 0 Å². The Hall–Kier alpha value is -3.22. The first-order valence-corrected chi connectivity index (χ1v) is 23.4. The number of hydrogen-bond donors (Lipinski definition) is 1. The maximum absolute atomic E-state index is 12.4. The van der Waals surface area contributed by atoms with E-state index in [0.717, 1.165) is 38.5 Å². The normalized spacial score (nSPS) is 26.7. The Bertz CT molecular complexity index is 1550. The summed E-state index contributed by atoms with van der Waals surface area (Å²) >= 11 is 0. The van der Waals surface area contributed by atoms with E-state index in [2.05, 4.69) is 13.8 Å². The lowest BCUT2D eigenvalue weighted by Gasteiger charge is -2.59. The van der Waals surface area contributed by atoms with Crippen LogP contribution in [0.25, 0.3) is 0 Å². The predicted octanol–water partition coefficient (Wildman–Crippen LogP) is 9.16. The quantitative estimate of drug-likeness (QED) is 0.0883. The first kappa shape index (κ1) is 53.1. The fraction of sp³-hybridized carbons (Fsp3) is 0.878. The molecule has 5 aliphatic carbocycles. The van der Waals surface area contributed by atoms with Crippen LogP contribution in [0, 0.1) is 39.4 Å². The van der Waals surface area contributed by atoms with Crippen molar-refractivity contribution >= 4 is 35.8 Å². The van der Waals surface area contributed by atoms with Gasteiger partial charge in [0.25, 0.3) is 0 Å². The van der Waals surface area contributed by atoms with Crippen LogP contribution in [-0.2, 0) is 57.2 Å². The number of cyclic esters (lactones) is 1. The molecule has 1 saturated heterocycles. The zero-order valence-corrected chi connectivity index (χ0v) is 40.6. The fourth-order valence-corrected chi connectivity index (χ4v) is 9.16. The van der Waals surface area contributed by atoms with Crippen LogP contribution < -0.4 is 0 Å². The molecule has 5 saturated carbocycles. The highest BCUT2D eigenvalue weighted by molar-refractivity contribution is 5.83. The molecule has 3 unspecified atom stereocenters. The standard InChI is InChI=1S/C18H28O8.C16H26O3.C15H28O2/c1-6-17(2,3)16(22)24-10-9-23-12(19)7-8-13(20)26-14-15(21)25-11-18(14,4)5;1-4-14(2,3)13(17)19-16-8-11-5-12(9-16)7-15(18,6-11)10-16;1-6-14(2,3)13(16)17-15(4,5)12-10-8-7-9-11-12/h14H,6-11H2,1-5H3;11-12,18H,4-10H2,1-3H3;12H,6-11H2,1-5H3. The van der Waals surface area contributed by atoms with Gasteiger partial charge in [-0.25, -0.2) is 4.79 Å². The monoisotopic (exact) mass is 879 g/mol. The molecule has 4 bridgehead atoms. The van der Waals surface area contributed by atoms with Gasteiger partial charge in [-0.05, 0) is 137 Å². The number of hydrogen-bond acceptors (Lipinski definition) is 13. The zero-order valence-electron chi connectivity index (χ0n) is 40.6. The van der Waals surface area contributed by atoms with Crippen LogP contribution >= 0.6 is 0 Å². The molecule has 6 rings (SSSR count). The molecule has 13 nitrogen and oxygen atoms in total. The largest absolute Gasteiger partial charge is 0.462 e. The maximum Gasteiger partial charge on any atom is 0.348 e. The molecule has 62 heavy (non-hydrogen) atoms. The van der Waals surface area contributed by atoms with Crippen molar-refractivity contribution < 1.29 is 62.3 Å². The molecule has 0 aromatic carbocycles. The Balaban J connectivity index is 0.000000254. The molecule has 0 radical (unpaired) electrons. The lowest BCUT2D eigenvalue weighted by molar-refractivity contribution is -0.225. The van der Waals surface area contributed by atoms with E-state index in [4.69, 9.17) is 28.4 Å². The lowest BCUT2D eigenvalue weighted by atomic mass is 9.52. The Labute approximate surface area is 372 Å². The van der Waals surface area contributed by atoms with Gasteiger partial charge in [0.05, 0.1) is 34.7 Å². The number of carbonyl (C=O) groups excluding carboxylic acids is 6. The van der Waals surface area contributed by atoms with Crippen molar-refractivity contribution in [3.63, 3.8) is 0 Å². The molecule has 13 heteroatoms. The summed E-state index contributed by atoms with van der Waals surface area (Å²) in [7, 11) is 0. The predicted molar refractivity (Wildman–Crippen MR) is 233 cm³/mol. The summed E-state index contributed by atoms with van der Waals surface area (Å²) in [6.07, 6.45) is 12.9. The Kier molecular flexibility index (Phi) is 18.1.